The quantitative estimate of drug-likeness (QED) is 0.706. The molecule has 0 aliphatic carbocycles. The molecule has 0 spiro atoms. The minimum Gasteiger partial charge on any atom is -0.494 e. The number of fused-ring (bicyclic) bond motifs is 1. The number of thiophene rings is 2. The summed E-state index contributed by atoms with van der Waals surface area (Å²) in [6, 6.07) is 7.86. The van der Waals surface area contributed by atoms with E-state index in [2.05, 4.69) is 9.98 Å². The average molecular weight is 354 g/mol. The van der Waals surface area contributed by atoms with Crippen LogP contribution in [0.1, 0.15) is 37.5 Å². The summed E-state index contributed by atoms with van der Waals surface area (Å²) in [7, 11) is 0. The zero-order chi connectivity index (χ0) is 16.8. The smallest absolute Gasteiger partial charge is 0.280 e. The van der Waals surface area contributed by atoms with Gasteiger partial charge in [-0.05, 0) is 44.2 Å². The van der Waals surface area contributed by atoms with Crippen LogP contribution in [-0.4, -0.2) is 21.7 Å². The maximum absolute atomic E-state index is 12.5. The van der Waals surface area contributed by atoms with Gasteiger partial charge in [0.1, 0.15) is 0 Å². The van der Waals surface area contributed by atoms with Gasteiger partial charge >= 0.3 is 0 Å². The van der Waals surface area contributed by atoms with Crippen molar-refractivity contribution < 1.29 is 9.90 Å². The molecule has 0 atom stereocenters. The van der Waals surface area contributed by atoms with Crippen molar-refractivity contribution in [3.05, 3.63) is 56.1 Å². The first-order chi connectivity index (χ1) is 11.6. The van der Waals surface area contributed by atoms with Gasteiger partial charge in [0.2, 0.25) is 0 Å². The Labute approximate surface area is 146 Å². The number of aryl methyl sites for hydroxylation is 1. The molecule has 120 valence electrons. The lowest BCUT2D eigenvalue weighted by Crippen LogP contribution is -1.96. The van der Waals surface area contributed by atoms with E-state index in [1.807, 2.05) is 50.3 Å². The molecule has 3 aromatic rings. The zero-order valence-corrected chi connectivity index (χ0v) is 14.7. The number of aliphatic imine (C=N–C) groups is 1. The number of nitrogens with zero attached hydrogens (tertiary/aromatic N) is 1. The third-order valence-electron chi connectivity index (χ3n) is 3.82. The normalized spacial score (nSPS) is 13.8. The molecule has 0 aromatic carbocycles. The molecule has 0 radical (unpaired) electrons. The highest BCUT2D eigenvalue weighted by atomic mass is 32.1. The minimum atomic E-state index is -0.307. The number of aromatic hydroxyl groups is 1. The number of carbonyl (C=O) groups is 1. The van der Waals surface area contributed by atoms with Crippen molar-refractivity contribution in [2.45, 2.75) is 13.8 Å². The lowest BCUT2D eigenvalue weighted by molar-refractivity contribution is 0.101. The number of aromatic amines is 1. The maximum Gasteiger partial charge on any atom is 0.280 e. The van der Waals surface area contributed by atoms with Crippen molar-refractivity contribution in [3.63, 3.8) is 0 Å². The van der Waals surface area contributed by atoms with E-state index >= 15 is 0 Å². The first-order valence-corrected chi connectivity index (χ1v) is 9.10. The number of amides is 1. The topological polar surface area (TPSA) is 65.5 Å². The number of rotatable bonds is 3. The van der Waals surface area contributed by atoms with Crippen LogP contribution in [0.25, 0.3) is 16.6 Å². The summed E-state index contributed by atoms with van der Waals surface area (Å²) in [4.78, 5) is 23.7. The fourth-order valence-electron chi connectivity index (χ4n) is 2.81. The summed E-state index contributed by atoms with van der Waals surface area (Å²) in [5.41, 5.74) is 2.17. The van der Waals surface area contributed by atoms with Crippen LogP contribution in [0.15, 0.2) is 35.3 Å². The molecule has 1 amide bonds. The molecule has 0 fully saturated rings. The molecule has 4 heterocycles. The van der Waals surface area contributed by atoms with E-state index in [1.165, 1.54) is 0 Å². The predicted molar refractivity (Wildman–Crippen MR) is 99.5 cm³/mol. The number of allylic oxidation sites excluding steroid dienone is 1. The molecule has 1 aliphatic rings. The summed E-state index contributed by atoms with van der Waals surface area (Å²) in [6.07, 6.45) is 3.97. The Kier molecular flexibility index (Phi) is 3.51. The van der Waals surface area contributed by atoms with E-state index < -0.39 is 0 Å². The molecular formula is C18H14N2O2S2. The summed E-state index contributed by atoms with van der Waals surface area (Å²) < 4.78 is 0. The Bertz CT molecular complexity index is 1020. The zero-order valence-electron chi connectivity index (χ0n) is 13.1. The van der Waals surface area contributed by atoms with Crippen LogP contribution in [-0.2, 0) is 0 Å². The molecule has 3 aromatic heterocycles. The molecule has 0 bridgehead atoms. The standard InChI is InChI=1S/C18H14N2O2S2/c1-3-4-10-6-8-12(24-10)16-14-13(17(21)20-16)15(19-18(14)22)11-7-5-9(2)23-11/h3-8,19,22H,1-2H3/b4-3+. The Morgan fingerprint density at radius 3 is 2.62 bits per heavy atom. The van der Waals surface area contributed by atoms with E-state index in [-0.39, 0.29) is 11.8 Å². The molecule has 4 rings (SSSR count). The molecule has 6 heteroatoms. The molecule has 0 saturated carbocycles. The highest BCUT2D eigenvalue weighted by molar-refractivity contribution is 7.15. The largest absolute Gasteiger partial charge is 0.494 e. The highest BCUT2D eigenvalue weighted by Crippen LogP contribution is 2.40. The van der Waals surface area contributed by atoms with Crippen molar-refractivity contribution in [2.24, 2.45) is 4.99 Å². The molecule has 1 aliphatic heterocycles. The third kappa shape index (κ3) is 2.26. The van der Waals surface area contributed by atoms with E-state index in [9.17, 15) is 9.90 Å². The molecule has 0 unspecified atom stereocenters. The first-order valence-electron chi connectivity index (χ1n) is 7.46. The van der Waals surface area contributed by atoms with Crippen LogP contribution in [0.2, 0.25) is 0 Å². The maximum atomic E-state index is 12.5. The van der Waals surface area contributed by atoms with Crippen molar-refractivity contribution in [1.29, 1.82) is 0 Å². The van der Waals surface area contributed by atoms with Gasteiger partial charge < -0.3 is 10.1 Å². The highest BCUT2D eigenvalue weighted by Gasteiger charge is 2.34. The van der Waals surface area contributed by atoms with Crippen molar-refractivity contribution >= 4 is 40.4 Å². The Balaban J connectivity index is 1.84. The Morgan fingerprint density at radius 1 is 1.12 bits per heavy atom. The number of hydrogen-bond acceptors (Lipinski definition) is 4. The van der Waals surface area contributed by atoms with Gasteiger partial charge in [-0.25, -0.2) is 4.99 Å². The molecule has 2 N–H and O–H groups in total. The van der Waals surface area contributed by atoms with Crippen molar-refractivity contribution in [1.82, 2.24) is 4.98 Å². The summed E-state index contributed by atoms with van der Waals surface area (Å²) in [5, 5.41) is 10.4. The lowest BCUT2D eigenvalue weighted by atomic mass is 10.1. The van der Waals surface area contributed by atoms with Gasteiger partial charge in [0.15, 0.2) is 5.88 Å². The van der Waals surface area contributed by atoms with Gasteiger partial charge in [0.25, 0.3) is 5.91 Å². The first kappa shape index (κ1) is 15.1. The van der Waals surface area contributed by atoms with Gasteiger partial charge in [0, 0.05) is 9.75 Å². The number of nitrogens with one attached hydrogen (secondary N) is 1. The third-order valence-corrected chi connectivity index (χ3v) is 5.90. The summed E-state index contributed by atoms with van der Waals surface area (Å²) in [6.45, 7) is 3.97. The van der Waals surface area contributed by atoms with E-state index in [0.29, 0.717) is 22.5 Å². The second kappa shape index (κ2) is 5.58. The van der Waals surface area contributed by atoms with Crippen LogP contribution < -0.4 is 0 Å². The Hall–Kier alpha value is -2.44. The van der Waals surface area contributed by atoms with E-state index in [4.69, 9.17) is 0 Å². The van der Waals surface area contributed by atoms with Crippen LogP contribution in [0.3, 0.4) is 0 Å². The fraction of sp³-hybridized carbons (Fsp3) is 0.111. The number of H-pyrrole nitrogens is 1. The fourth-order valence-corrected chi connectivity index (χ4v) is 4.66. The molecular weight excluding hydrogens is 340 g/mol. The SMILES string of the molecule is C/C=C/c1ccc(C2=NC(=O)c3c(-c4ccc(C)s4)[nH]c(O)c32)s1. The minimum absolute atomic E-state index is 0.00311. The van der Waals surface area contributed by atoms with Gasteiger partial charge in [-0.15, -0.1) is 22.7 Å². The second-order valence-electron chi connectivity index (χ2n) is 5.48. The van der Waals surface area contributed by atoms with Gasteiger partial charge in [-0.2, -0.15) is 0 Å². The van der Waals surface area contributed by atoms with Crippen molar-refractivity contribution in [3.8, 4) is 16.5 Å². The van der Waals surface area contributed by atoms with Gasteiger partial charge in [0.05, 0.1) is 32.3 Å². The van der Waals surface area contributed by atoms with Crippen molar-refractivity contribution in [2.75, 3.05) is 0 Å². The molecule has 4 nitrogen and oxygen atoms in total. The average Bonchev–Trinajstić information content (AvgIpc) is 3.28. The van der Waals surface area contributed by atoms with Crippen LogP contribution in [0.5, 0.6) is 5.88 Å². The number of carbonyl (C=O) groups excluding carboxylic acids is 1. The lowest BCUT2D eigenvalue weighted by Gasteiger charge is -1.96. The van der Waals surface area contributed by atoms with Crippen LogP contribution in [0.4, 0.5) is 0 Å². The van der Waals surface area contributed by atoms with E-state index in [1.54, 1.807) is 22.7 Å². The van der Waals surface area contributed by atoms with Crippen LogP contribution in [0, 0.1) is 6.92 Å². The van der Waals surface area contributed by atoms with Gasteiger partial charge in [-0.3, -0.25) is 4.79 Å². The summed E-state index contributed by atoms with van der Waals surface area (Å²) >= 11 is 3.12. The summed E-state index contributed by atoms with van der Waals surface area (Å²) in [5.74, 6) is -0.310. The molecule has 0 saturated heterocycles. The van der Waals surface area contributed by atoms with Gasteiger partial charge in [-0.1, -0.05) is 6.08 Å². The number of hydrogen-bond donors (Lipinski definition) is 2. The van der Waals surface area contributed by atoms with Crippen LogP contribution >= 0.6 is 22.7 Å². The Morgan fingerprint density at radius 2 is 1.92 bits per heavy atom. The van der Waals surface area contributed by atoms with E-state index in [0.717, 1.165) is 19.5 Å². The second-order valence-corrected chi connectivity index (χ2v) is 7.88. The predicted octanol–water partition coefficient (Wildman–Crippen LogP) is 4.84. The number of aromatic nitrogens is 1. The molecule has 24 heavy (non-hydrogen) atoms. The monoisotopic (exact) mass is 354 g/mol.